The zero-order chi connectivity index (χ0) is 20.8. The summed E-state index contributed by atoms with van der Waals surface area (Å²) in [6.07, 6.45) is -2.80. The maximum atomic E-state index is 13.1. The van der Waals surface area contributed by atoms with Crippen molar-refractivity contribution in [2.45, 2.75) is 25.6 Å². The molecule has 2 aromatic heterocycles. The molecule has 1 unspecified atom stereocenters. The van der Waals surface area contributed by atoms with Gasteiger partial charge in [0.1, 0.15) is 23.1 Å². The molecule has 3 aromatic rings. The number of aryl methyl sites for hydroxylation is 1. The number of alkyl halides is 3. The fourth-order valence-electron chi connectivity index (χ4n) is 3.50. The van der Waals surface area contributed by atoms with Crippen LogP contribution in [0.3, 0.4) is 0 Å². The summed E-state index contributed by atoms with van der Waals surface area (Å²) < 4.78 is 47.1. The standard InChI is InChI=1S/C20H19F3N4O2/c1-11(13-8-18(28)24-9-13)29-16-7-12(6-15-19(16)27(2)10-25-15)14-4-3-5-17(26-14)20(21,22)23/h3-7,10-11,13H,8-9H2,1-2H3,(H,24,28)/t11?,13-/m1/s1. The molecule has 0 saturated carbocycles. The van der Waals surface area contributed by atoms with Gasteiger partial charge in [0, 0.05) is 31.5 Å². The monoisotopic (exact) mass is 404 g/mol. The van der Waals surface area contributed by atoms with Gasteiger partial charge in [-0.25, -0.2) is 9.97 Å². The summed E-state index contributed by atoms with van der Waals surface area (Å²) in [7, 11) is 1.82. The molecule has 9 heteroatoms. The number of amides is 1. The minimum atomic E-state index is -4.53. The van der Waals surface area contributed by atoms with E-state index in [4.69, 9.17) is 4.74 Å². The van der Waals surface area contributed by atoms with Gasteiger partial charge in [-0.2, -0.15) is 13.2 Å². The van der Waals surface area contributed by atoms with Crippen molar-refractivity contribution in [3.05, 3.63) is 42.4 Å². The van der Waals surface area contributed by atoms with Crippen LogP contribution in [0.15, 0.2) is 36.7 Å². The molecule has 1 aliphatic heterocycles. The lowest BCUT2D eigenvalue weighted by Crippen LogP contribution is -2.25. The van der Waals surface area contributed by atoms with E-state index in [2.05, 4.69) is 15.3 Å². The number of fused-ring (bicyclic) bond motifs is 1. The molecule has 29 heavy (non-hydrogen) atoms. The van der Waals surface area contributed by atoms with E-state index in [0.29, 0.717) is 29.8 Å². The minimum absolute atomic E-state index is 0.0149. The summed E-state index contributed by atoms with van der Waals surface area (Å²) in [5.74, 6) is 0.489. The molecule has 152 valence electrons. The number of aromatic nitrogens is 3. The minimum Gasteiger partial charge on any atom is -0.488 e. The molecule has 0 radical (unpaired) electrons. The number of benzene rings is 1. The van der Waals surface area contributed by atoms with Crippen LogP contribution in [-0.2, 0) is 18.0 Å². The van der Waals surface area contributed by atoms with Gasteiger partial charge in [0.2, 0.25) is 5.91 Å². The predicted octanol–water partition coefficient (Wildman–Crippen LogP) is 3.56. The van der Waals surface area contributed by atoms with Gasteiger partial charge in [0.15, 0.2) is 0 Å². The number of rotatable bonds is 4. The van der Waals surface area contributed by atoms with Crippen LogP contribution in [0.2, 0.25) is 0 Å². The number of pyridine rings is 1. The number of ether oxygens (including phenoxy) is 1. The van der Waals surface area contributed by atoms with Crippen molar-refractivity contribution in [1.29, 1.82) is 0 Å². The summed E-state index contributed by atoms with van der Waals surface area (Å²) in [5, 5.41) is 2.78. The number of imidazole rings is 1. The zero-order valence-corrected chi connectivity index (χ0v) is 15.8. The van der Waals surface area contributed by atoms with E-state index in [1.807, 2.05) is 14.0 Å². The van der Waals surface area contributed by atoms with Crippen molar-refractivity contribution in [2.24, 2.45) is 13.0 Å². The Kier molecular flexibility index (Phi) is 4.68. The Morgan fingerprint density at radius 3 is 2.79 bits per heavy atom. The van der Waals surface area contributed by atoms with Crippen molar-refractivity contribution in [2.75, 3.05) is 6.54 Å². The average Bonchev–Trinajstić information content (AvgIpc) is 3.27. The van der Waals surface area contributed by atoms with E-state index in [-0.39, 0.29) is 23.6 Å². The Labute approximate surface area is 164 Å². The molecule has 1 saturated heterocycles. The summed E-state index contributed by atoms with van der Waals surface area (Å²) in [4.78, 5) is 19.6. The van der Waals surface area contributed by atoms with Crippen molar-refractivity contribution < 1.29 is 22.7 Å². The van der Waals surface area contributed by atoms with Gasteiger partial charge in [0.05, 0.1) is 17.5 Å². The van der Waals surface area contributed by atoms with Crippen LogP contribution in [0.1, 0.15) is 19.0 Å². The molecule has 0 aliphatic carbocycles. The highest BCUT2D eigenvalue weighted by atomic mass is 19.4. The Hall–Kier alpha value is -3.10. The second-order valence-electron chi connectivity index (χ2n) is 7.19. The van der Waals surface area contributed by atoms with Gasteiger partial charge < -0.3 is 14.6 Å². The van der Waals surface area contributed by atoms with Gasteiger partial charge in [-0.1, -0.05) is 6.07 Å². The third-order valence-corrected chi connectivity index (χ3v) is 5.10. The summed E-state index contributed by atoms with van der Waals surface area (Å²) in [6.45, 7) is 2.41. The maximum absolute atomic E-state index is 13.1. The molecule has 1 N–H and O–H groups in total. The van der Waals surface area contributed by atoms with E-state index in [1.165, 1.54) is 12.1 Å². The first-order valence-corrected chi connectivity index (χ1v) is 9.15. The fraction of sp³-hybridized carbons (Fsp3) is 0.350. The Morgan fingerprint density at radius 2 is 2.10 bits per heavy atom. The largest absolute Gasteiger partial charge is 0.488 e. The molecule has 1 aromatic carbocycles. The number of nitrogens with one attached hydrogen (secondary N) is 1. The second-order valence-corrected chi connectivity index (χ2v) is 7.19. The lowest BCUT2D eigenvalue weighted by molar-refractivity contribution is -0.141. The van der Waals surface area contributed by atoms with Crippen LogP contribution >= 0.6 is 0 Å². The van der Waals surface area contributed by atoms with Crippen LogP contribution in [0.25, 0.3) is 22.3 Å². The van der Waals surface area contributed by atoms with Crippen LogP contribution in [0, 0.1) is 5.92 Å². The number of carbonyl (C=O) groups is 1. The molecule has 0 spiro atoms. The topological polar surface area (TPSA) is 69.0 Å². The summed E-state index contributed by atoms with van der Waals surface area (Å²) in [5.41, 5.74) is 1.02. The smallest absolute Gasteiger partial charge is 0.433 e. The predicted molar refractivity (Wildman–Crippen MR) is 100 cm³/mol. The Morgan fingerprint density at radius 1 is 1.31 bits per heavy atom. The quantitative estimate of drug-likeness (QED) is 0.722. The third kappa shape index (κ3) is 3.76. The third-order valence-electron chi connectivity index (χ3n) is 5.10. The molecule has 4 rings (SSSR count). The first-order valence-electron chi connectivity index (χ1n) is 9.15. The van der Waals surface area contributed by atoms with Crippen molar-refractivity contribution in [1.82, 2.24) is 19.9 Å². The highest BCUT2D eigenvalue weighted by Gasteiger charge is 2.33. The van der Waals surface area contributed by atoms with Gasteiger partial charge in [0.25, 0.3) is 0 Å². The molecular weight excluding hydrogens is 385 g/mol. The molecule has 1 amide bonds. The van der Waals surface area contributed by atoms with Crippen molar-refractivity contribution in [3.63, 3.8) is 0 Å². The first kappa shape index (κ1) is 19.2. The number of nitrogens with zero attached hydrogens (tertiary/aromatic N) is 3. The van der Waals surface area contributed by atoms with Gasteiger partial charge >= 0.3 is 6.18 Å². The zero-order valence-electron chi connectivity index (χ0n) is 15.8. The normalized spacial score (nSPS) is 18.1. The molecule has 0 bridgehead atoms. The molecular formula is C20H19F3N4O2. The number of carbonyl (C=O) groups excluding carboxylic acids is 1. The van der Waals surface area contributed by atoms with Gasteiger partial charge in [-0.15, -0.1) is 0 Å². The molecule has 6 nitrogen and oxygen atoms in total. The molecule has 1 aliphatic rings. The van der Waals surface area contributed by atoms with Crippen LogP contribution in [0.4, 0.5) is 13.2 Å². The highest BCUT2D eigenvalue weighted by Crippen LogP contribution is 2.35. The van der Waals surface area contributed by atoms with Crippen molar-refractivity contribution in [3.8, 4) is 17.0 Å². The Bertz CT molecular complexity index is 1080. The molecule has 3 heterocycles. The molecule has 2 atom stereocenters. The van der Waals surface area contributed by atoms with E-state index < -0.39 is 11.9 Å². The van der Waals surface area contributed by atoms with Crippen LogP contribution in [0.5, 0.6) is 5.75 Å². The highest BCUT2D eigenvalue weighted by molar-refractivity contribution is 5.87. The van der Waals surface area contributed by atoms with E-state index in [1.54, 1.807) is 23.0 Å². The second kappa shape index (κ2) is 7.06. The summed E-state index contributed by atoms with van der Waals surface area (Å²) >= 11 is 0. The van der Waals surface area contributed by atoms with Crippen LogP contribution in [-0.4, -0.2) is 33.1 Å². The number of halogens is 3. The van der Waals surface area contributed by atoms with Crippen molar-refractivity contribution >= 4 is 16.9 Å². The lowest BCUT2D eigenvalue weighted by atomic mass is 10.0. The summed E-state index contributed by atoms with van der Waals surface area (Å²) in [6, 6.07) is 7.15. The van der Waals surface area contributed by atoms with E-state index in [0.717, 1.165) is 11.6 Å². The van der Waals surface area contributed by atoms with Gasteiger partial charge in [-0.3, -0.25) is 4.79 Å². The van der Waals surface area contributed by atoms with Gasteiger partial charge in [-0.05, 0) is 31.2 Å². The lowest BCUT2D eigenvalue weighted by Gasteiger charge is -2.21. The van der Waals surface area contributed by atoms with Crippen LogP contribution < -0.4 is 10.1 Å². The fourth-order valence-corrected chi connectivity index (χ4v) is 3.50. The number of hydrogen-bond donors (Lipinski definition) is 1. The SMILES string of the molecule is CC(Oc1cc(-c2cccc(C(F)(F)F)n2)cc2ncn(C)c12)[C@H]1CNC(=O)C1. The first-order chi connectivity index (χ1) is 13.7. The maximum Gasteiger partial charge on any atom is 0.433 e. The van der Waals surface area contributed by atoms with E-state index >= 15 is 0 Å². The average molecular weight is 404 g/mol. The Balaban J connectivity index is 1.75. The molecule has 1 fully saturated rings. The van der Waals surface area contributed by atoms with E-state index in [9.17, 15) is 18.0 Å². The number of hydrogen-bond acceptors (Lipinski definition) is 4.